The Morgan fingerprint density at radius 2 is 1.96 bits per heavy atom. The van der Waals surface area contributed by atoms with Crippen molar-refractivity contribution in [2.24, 2.45) is 11.3 Å². The van der Waals surface area contributed by atoms with Gasteiger partial charge in [0, 0.05) is 18.6 Å². The second-order valence-corrected chi connectivity index (χ2v) is 8.37. The summed E-state index contributed by atoms with van der Waals surface area (Å²) >= 11 is 0. The molecular weight excluding hydrogens is 288 g/mol. The van der Waals surface area contributed by atoms with E-state index in [0.29, 0.717) is 12.0 Å². The molecule has 2 N–H and O–H groups in total. The van der Waals surface area contributed by atoms with Crippen molar-refractivity contribution in [1.29, 1.82) is 0 Å². The lowest BCUT2D eigenvalue weighted by molar-refractivity contribution is -0.0142. The number of hydrogen-bond acceptors (Lipinski definition) is 3. The Hall–Kier alpha value is -1.35. The third-order valence-corrected chi connectivity index (χ3v) is 6.51. The van der Waals surface area contributed by atoms with Gasteiger partial charge in [-0.2, -0.15) is 0 Å². The number of ketones is 1. The molecule has 23 heavy (non-hydrogen) atoms. The molecule has 3 heteroatoms. The number of carbonyl (C=O) groups excluding carboxylic acids is 1. The molecule has 0 spiro atoms. The number of carbonyl (C=O) groups is 1. The molecule has 2 aliphatic carbocycles. The van der Waals surface area contributed by atoms with E-state index in [1.165, 1.54) is 0 Å². The van der Waals surface area contributed by atoms with Gasteiger partial charge in [0.1, 0.15) is 5.75 Å². The highest BCUT2D eigenvalue weighted by molar-refractivity contribution is 6.00. The van der Waals surface area contributed by atoms with Crippen molar-refractivity contribution in [3.8, 4) is 5.75 Å². The summed E-state index contributed by atoms with van der Waals surface area (Å²) in [6, 6.07) is 3.74. The Kier molecular flexibility index (Phi) is 3.83. The van der Waals surface area contributed by atoms with Gasteiger partial charge >= 0.3 is 0 Å². The minimum Gasteiger partial charge on any atom is -0.508 e. The fourth-order valence-electron chi connectivity index (χ4n) is 5.03. The molecule has 0 heterocycles. The lowest BCUT2D eigenvalue weighted by Crippen LogP contribution is -2.51. The molecule has 1 saturated carbocycles. The number of aliphatic hydroxyl groups excluding tert-OH is 1. The number of rotatable bonds is 2. The van der Waals surface area contributed by atoms with Gasteiger partial charge in [0.05, 0.1) is 0 Å². The van der Waals surface area contributed by atoms with Crippen LogP contribution >= 0.6 is 0 Å². The van der Waals surface area contributed by atoms with Crippen LogP contribution in [0.4, 0.5) is 0 Å². The van der Waals surface area contributed by atoms with Gasteiger partial charge in [0.2, 0.25) is 0 Å². The summed E-state index contributed by atoms with van der Waals surface area (Å²) in [5.41, 5.74) is 2.38. The standard InChI is InChI=1S/C20H28O3/c1-12(2)13-8-15-14(9-16(13)22)17(23)10-18-19(3,11-21)6-5-7-20(15,18)4/h8-9,12,18,21-22H,5-7,10-11H2,1-4H3. The van der Waals surface area contributed by atoms with Gasteiger partial charge < -0.3 is 10.2 Å². The van der Waals surface area contributed by atoms with Gasteiger partial charge in [-0.15, -0.1) is 0 Å². The summed E-state index contributed by atoms with van der Waals surface area (Å²) in [7, 11) is 0. The molecule has 0 aromatic heterocycles. The maximum Gasteiger partial charge on any atom is 0.163 e. The maximum atomic E-state index is 12.7. The third kappa shape index (κ3) is 2.32. The molecule has 0 amide bonds. The minimum atomic E-state index is -0.198. The minimum absolute atomic E-state index is 0.101. The molecule has 1 aromatic rings. The van der Waals surface area contributed by atoms with Crippen molar-refractivity contribution in [1.82, 2.24) is 0 Å². The van der Waals surface area contributed by atoms with E-state index in [2.05, 4.69) is 33.8 Å². The SMILES string of the molecule is CC(C)c1cc2c(cc1O)C(=O)CC1C(C)(CO)CCCC21C. The zero-order chi connectivity index (χ0) is 17.0. The molecule has 3 unspecified atom stereocenters. The smallest absolute Gasteiger partial charge is 0.163 e. The molecule has 2 aliphatic rings. The monoisotopic (exact) mass is 316 g/mol. The molecular formula is C20H28O3. The Bertz CT molecular complexity index is 649. The molecule has 3 nitrogen and oxygen atoms in total. The Morgan fingerprint density at radius 3 is 2.57 bits per heavy atom. The molecule has 126 valence electrons. The van der Waals surface area contributed by atoms with E-state index in [0.717, 1.165) is 30.4 Å². The Balaban J connectivity index is 2.21. The number of Topliss-reactive ketones (excluding diaryl/α,β-unsaturated/α-hetero) is 1. The number of benzene rings is 1. The largest absolute Gasteiger partial charge is 0.508 e. The number of hydrogen-bond donors (Lipinski definition) is 2. The van der Waals surface area contributed by atoms with E-state index >= 15 is 0 Å². The maximum absolute atomic E-state index is 12.7. The van der Waals surface area contributed by atoms with Crippen LogP contribution in [0.3, 0.4) is 0 Å². The fourth-order valence-corrected chi connectivity index (χ4v) is 5.03. The van der Waals surface area contributed by atoms with Crippen molar-refractivity contribution >= 4 is 5.78 Å². The Labute approximate surface area is 138 Å². The normalized spacial score (nSPS) is 33.5. The quantitative estimate of drug-likeness (QED) is 0.861. The van der Waals surface area contributed by atoms with Crippen LogP contribution in [0, 0.1) is 11.3 Å². The number of aliphatic hydroxyl groups is 1. The number of fused-ring (bicyclic) bond motifs is 3. The highest BCUT2D eigenvalue weighted by Crippen LogP contribution is 2.57. The number of phenolic OH excluding ortho intramolecular Hbond substituents is 1. The predicted molar refractivity (Wildman–Crippen MR) is 91.0 cm³/mol. The molecule has 1 aromatic carbocycles. The Morgan fingerprint density at radius 1 is 1.26 bits per heavy atom. The van der Waals surface area contributed by atoms with Gasteiger partial charge in [-0.1, -0.05) is 40.2 Å². The second-order valence-electron chi connectivity index (χ2n) is 8.37. The van der Waals surface area contributed by atoms with Crippen molar-refractivity contribution < 1.29 is 15.0 Å². The number of phenols is 1. The highest BCUT2D eigenvalue weighted by atomic mass is 16.3. The average Bonchev–Trinajstić information content (AvgIpc) is 2.49. The highest BCUT2D eigenvalue weighted by Gasteiger charge is 2.53. The molecule has 3 atom stereocenters. The van der Waals surface area contributed by atoms with Gasteiger partial charge in [-0.05, 0) is 52.7 Å². The van der Waals surface area contributed by atoms with Crippen molar-refractivity contribution in [3.05, 3.63) is 28.8 Å². The van der Waals surface area contributed by atoms with Crippen LogP contribution in [0.15, 0.2) is 12.1 Å². The molecule has 0 radical (unpaired) electrons. The van der Waals surface area contributed by atoms with Crippen LogP contribution in [-0.4, -0.2) is 22.6 Å². The topological polar surface area (TPSA) is 57.5 Å². The van der Waals surface area contributed by atoms with Gasteiger partial charge in [0.15, 0.2) is 5.78 Å². The third-order valence-electron chi connectivity index (χ3n) is 6.51. The molecule has 3 rings (SSSR count). The first kappa shape index (κ1) is 16.5. The van der Waals surface area contributed by atoms with Crippen molar-refractivity contribution in [2.75, 3.05) is 6.61 Å². The molecule has 0 aliphatic heterocycles. The zero-order valence-corrected chi connectivity index (χ0v) is 14.6. The first-order chi connectivity index (χ1) is 10.7. The summed E-state index contributed by atoms with van der Waals surface area (Å²) in [6.07, 6.45) is 3.55. The van der Waals surface area contributed by atoms with E-state index in [-0.39, 0.29) is 40.8 Å². The molecule has 0 bridgehead atoms. The second kappa shape index (κ2) is 5.34. The van der Waals surface area contributed by atoms with Gasteiger partial charge in [-0.25, -0.2) is 0 Å². The van der Waals surface area contributed by atoms with Crippen LogP contribution in [0.1, 0.15) is 80.8 Å². The summed E-state index contributed by atoms with van der Waals surface area (Å²) in [6.45, 7) is 8.62. The average molecular weight is 316 g/mol. The summed E-state index contributed by atoms with van der Waals surface area (Å²) in [5, 5.41) is 20.3. The lowest BCUT2D eigenvalue weighted by Gasteiger charge is -2.54. The molecule has 1 fully saturated rings. The van der Waals surface area contributed by atoms with Crippen molar-refractivity contribution in [3.63, 3.8) is 0 Å². The fraction of sp³-hybridized carbons (Fsp3) is 0.650. The van der Waals surface area contributed by atoms with Crippen LogP contribution in [-0.2, 0) is 5.41 Å². The first-order valence-corrected chi connectivity index (χ1v) is 8.74. The predicted octanol–water partition coefficient (Wildman–Crippen LogP) is 4.16. The molecule has 0 saturated heterocycles. The van der Waals surface area contributed by atoms with E-state index < -0.39 is 0 Å². The van der Waals surface area contributed by atoms with Crippen LogP contribution < -0.4 is 0 Å². The van der Waals surface area contributed by atoms with E-state index in [1.807, 2.05) is 0 Å². The summed E-state index contributed by atoms with van der Waals surface area (Å²) < 4.78 is 0. The number of aromatic hydroxyl groups is 1. The summed E-state index contributed by atoms with van der Waals surface area (Å²) in [4.78, 5) is 12.7. The van der Waals surface area contributed by atoms with E-state index in [9.17, 15) is 15.0 Å². The van der Waals surface area contributed by atoms with E-state index in [4.69, 9.17) is 0 Å². The van der Waals surface area contributed by atoms with Gasteiger partial charge in [-0.3, -0.25) is 4.79 Å². The van der Waals surface area contributed by atoms with Crippen LogP contribution in [0.2, 0.25) is 0 Å². The van der Waals surface area contributed by atoms with Crippen molar-refractivity contribution in [2.45, 2.75) is 64.7 Å². The summed E-state index contributed by atoms with van der Waals surface area (Å²) in [5.74, 6) is 0.718. The van der Waals surface area contributed by atoms with Crippen LogP contribution in [0.25, 0.3) is 0 Å². The van der Waals surface area contributed by atoms with E-state index in [1.54, 1.807) is 6.07 Å². The lowest BCUT2D eigenvalue weighted by atomic mass is 9.49. The zero-order valence-electron chi connectivity index (χ0n) is 14.6. The van der Waals surface area contributed by atoms with Gasteiger partial charge in [0.25, 0.3) is 0 Å². The van der Waals surface area contributed by atoms with Crippen LogP contribution in [0.5, 0.6) is 5.75 Å². The first-order valence-electron chi connectivity index (χ1n) is 8.74.